The van der Waals surface area contributed by atoms with Gasteiger partial charge in [0.05, 0.1) is 11.1 Å². The van der Waals surface area contributed by atoms with Gasteiger partial charge in [0, 0.05) is 36.9 Å². The van der Waals surface area contributed by atoms with Crippen LogP contribution in [0.15, 0.2) is 192 Å². The maximum absolute atomic E-state index is 6.68. The van der Waals surface area contributed by atoms with Crippen molar-refractivity contribution in [2.24, 2.45) is 0 Å². The molecule has 0 bridgehead atoms. The Morgan fingerprint density at radius 1 is 0.377 bits per heavy atom. The normalized spacial score (nSPS) is 11.8. The number of thiophene rings is 1. The van der Waals surface area contributed by atoms with Crippen LogP contribution in [0, 0.1) is 0 Å². The molecule has 2 nitrogen and oxygen atoms in total. The summed E-state index contributed by atoms with van der Waals surface area (Å²) in [5, 5.41) is 9.91. The monoisotopic (exact) mass is 693 g/mol. The van der Waals surface area contributed by atoms with Gasteiger partial charge >= 0.3 is 0 Å². The van der Waals surface area contributed by atoms with Crippen LogP contribution in [0.25, 0.3) is 85.9 Å². The molecule has 3 heteroatoms. The Labute approximate surface area is 310 Å². The van der Waals surface area contributed by atoms with Crippen LogP contribution in [0.5, 0.6) is 0 Å². The van der Waals surface area contributed by atoms with Crippen molar-refractivity contribution in [1.29, 1.82) is 0 Å². The molecule has 11 aromatic rings. The van der Waals surface area contributed by atoms with E-state index >= 15 is 0 Å². The van der Waals surface area contributed by atoms with Crippen LogP contribution in [0.3, 0.4) is 0 Å². The summed E-state index contributed by atoms with van der Waals surface area (Å²) in [6.07, 6.45) is 0. The van der Waals surface area contributed by atoms with E-state index in [1.54, 1.807) is 0 Å². The lowest BCUT2D eigenvalue weighted by molar-refractivity contribution is 0.669. The molecule has 0 saturated carbocycles. The molecule has 9 aromatic carbocycles. The molecule has 0 aliphatic rings. The van der Waals surface area contributed by atoms with E-state index in [1.165, 1.54) is 64.0 Å². The minimum Gasteiger partial charge on any atom is -0.456 e. The Bertz CT molecular complexity index is 3150. The molecule has 2 aromatic heterocycles. The van der Waals surface area contributed by atoms with Gasteiger partial charge in [0.1, 0.15) is 11.2 Å². The van der Waals surface area contributed by atoms with Crippen LogP contribution in [-0.4, -0.2) is 0 Å². The average Bonchev–Trinajstić information content (AvgIpc) is 3.81. The predicted octanol–water partition coefficient (Wildman–Crippen LogP) is 15.1. The summed E-state index contributed by atoms with van der Waals surface area (Å²) >= 11 is 1.86. The molecule has 248 valence electrons. The van der Waals surface area contributed by atoms with Gasteiger partial charge in [0.15, 0.2) is 0 Å². The number of anilines is 3. The third-order valence-electron chi connectivity index (χ3n) is 10.7. The second-order valence-corrected chi connectivity index (χ2v) is 14.7. The van der Waals surface area contributed by atoms with Crippen molar-refractivity contribution in [1.82, 2.24) is 0 Å². The lowest BCUT2D eigenvalue weighted by atomic mass is 9.98. The van der Waals surface area contributed by atoms with Crippen LogP contribution in [-0.2, 0) is 0 Å². The van der Waals surface area contributed by atoms with Gasteiger partial charge in [-0.1, -0.05) is 133 Å². The van der Waals surface area contributed by atoms with E-state index in [4.69, 9.17) is 4.42 Å². The van der Waals surface area contributed by atoms with Crippen LogP contribution in [0.1, 0.15) is 0 Å². The first-order valence-electron chi connectivity index (χ1n) is 18.0. The highest BCUT2D eigenvalue weighted by molar-refractivity contribution is 7.27. The Morgan fingerprint density at radius 2 is 1.00 bits per heavy atom. The van der Waals surface area contributed by atoms with E-state index < -0.39 is 0 Å². The van der Waals surface area contributed by atoms with Crippen molar-refractivity contribution >= 4 is 92.1 Å². The third kappa shape index (κ3) is 4.78. The Morgan fingerprint density at radius 3 is 1.79 bits per heavy atom. The molecule has 0 N–H and O–H groups in total. The third-order valence-corrected chi connectivity index (χ3v) is 11.9. The van der Waals surface area contributed by atoms with E-state index in [9.17, 15) is 0 Å². The van der Waals surface area contributed by atoms with Gasteiger partial charge in [0.2, 0.25) is 0 Å². The van der Waals surface area contributed by atoms with Crippen LogP contribution in [0.2, 0.25) is 0 Å². The van der Waals surface area contributed by atoms with Crippen molar-refractivity contribution in [3.63, 3.8) is 0 Å². The summed E-state index contributed by atoms with van der Waals surface area (Å²) in [6, 6.07) is 67.8. The molecule has 0 fully saturated rings. The van der Waals surface area contributed by atoms with Gasteiger partial charge < -0.3 is 9.32 Å². The standard InChI is InChI=1S/C50H31NOS/c1-2-10-32(11-3-1)33-20-25-37(26-21-33)51(38-27-22-36(23-28-38)40-17-8-14-34-12-4-6-15-39(34)40)43-18-9-19-44-48(43)49-45(52-44)30-29-42-47-41-16-7-5-13-35(41)24-31-46(47)53-50(42)49/h1-31H. The summed E-state index contributed by atoms with van der Waals surface area (Å²) in [4.78, 5) is 2.39. The topological polar surface area (TPSA) is 16.4 Å². The number of furan rings is 1. The summed E-state index contributed by atoms with van der Waals surface area (Å²) in [7, 11) is 0. The second kappa shape index (κ2) is 11.9. The largest absolute Gasteiger partial charge is 0.456 e. The molecule has 0 atom stereocenters. The van der Waals surface area contributed by atoms with Gasteiger partial charge in [-0.05, 0) is 98.4 Å². The highest BCUT2D eigenvalue weighted by Crippen LogP contribution is 2.49. The highest BCUT2D eigenvalue weighted by atomic mass is 32.1. The van der Waals surface area contributed by atoms with Gasteiger partial charge in [-0.15, -0.1) is 11.3 Å². The number of hydrogen-bond donors (Lipinski definition) is 0. The Balaban J connectivity index is 1.15. The van der Waals surface area contributed by atoms with Crippen molar-refractivity contribution in [2.75, 3.05) is 4.90 Å². The number of hydrogen-bond acceptors (Lipinski definition) is 3. The molecule has 53 heavy (non-hydrogen) atoms. The Kier molecular flexibility index (Phi) is 6.76. The van der Waals surface area contributed by atoms with Crippen molar-refractivity contribution < 1.29 is 4.42 Å². The summed E-state index contributed by atoms with van der Waals surface area (Å²) in [6.45, 7) is 0. The maximum atomic E-state index is 6.68. The minimum absolute atomic E-state index is 0.880. The van der Waals surface area contributed by atoms with Crippen molar-refractivity contribution in [3.05, 3.63) is 188 Å². The smallest absolute Gasteiger partial charge is 0.137 e. The first-order chi connectivity index (χ1) is 26.3. The minimum atomic E-state index is 0.880. The molecule has 0 aliphatic carbocycles. The summed E-state index contributed by atoms with van der Waals surface area (Å²) < 4.78 is 9.22. The molecular formula is C50H31NOS. The van der Waals surface area contributed by atoms with Gasteiger partial charge in [0.25, 0.3) is 0 Å². The van der Waals surface area contributed by atoms with E-state index in [2.05, 4.69) is 193 Å². The SMILES string of the molecule is c1ccc(-c2ccc(N(c3ccc(-c4cccc5ccccc45)cc3)c3cccc4oc5ccc6c(sc7ccc8ccccc8c76)c5c34)cc2)cc1. The molecule has 0 amide bonds. The quantitative estimate of drug-likeness (QED) is 0.178. The van der Waals surface area contributed by atoms with Crippen molar-refractivity contribution in [3.8, 4) is 22.3 Å². The number of nitrogens with zero attached hydrogens (tertiary/aromatic N) is 1. The fourth-order valence-electron chi connectivity index (χ4n) is 8.20. The predicted molar refractivity (Wildman–Crippen MR) is 227 cm³/mol. The fraction of sp³-hybridized carbons (Fsp3) is 0. The van der Waals surface area contributed by atoms with Crippen molar-refractivity contribution in [2.45, 2.75) is 0 Å². The van der Waals surface area contributed by atoms with E-state index in [1.807, 2.05) is 11.3 Å². The Hall–Kier alpha value is -6.68. The summed E-state index contributed by atoms with van der Waals surface area (Å²) in [5.41, 5.74) is 9.84. The first-order valence-corrected chi connectivity index (χ1v) is 18.8. The summed E-state index contributed by atoms with van der Waals surface area (Å²) in [5.74, 6) is 0. The fourth-order valence-corrected chi connectivity index (χ4v) is 9.47. The number of benzene rings is 9. The maximum Gasteiger partial charge on any atom is 0.137 e. The number of fused-ring (bicyclic) bond motifs is 10. The molecule has 11 rings (SSSR count). The van der Waals surface area contributed by atoms with Crippen LogP contribution < -0.4 is 4.90 Å². The molecule has 0 aliphatic heterocycles. The zero-order valence-corrected chi connectivity index (χ0v) is 29.5. The average molecular weight is 694 g/mol. The van der Waals surface area contributed by atoms with E-state index in [0.29, 0.717) is 0 Å². The lowest BCUT2D eigenvalue weighted by Crippen LogP contribution is -2.10. The van der Waals surface area contributed by atoms with Gasteiger partial charge in [-0.2, -0.15) is 0 Å². The van der Waals surface area contributed by atoms with Crippen LogP contribution >= 0.6 is 11.3 Å². The van der Waals surface area contributed by atoms with E-state index in [0.717, 1.165) is 39.0 Å². The number of rotatable bonds is 5. The second-order valence-electron chi connectivity index (χ2n) is 13.7. The zero-order valence-electron chi connectivity index (χ0n) is 28.7. The zero-order chi connectivity index (χ0) is 34.9. The van der Waals surface area contributed by atoms with E-state index in [-0.39, 0.29) is 0 Å². The molecule has 0 saturated heterocycles. The molecule has 0 spiro atoms. The molecule has 0 radical (unpaired) electrons. The van der Waals surface area contributed by atoms with Gasteiger partial charge in [-0.3, -0.25) is 0 Å². The van der Waals surface area contributed by atoms with Gasteiger partial charge in [-0.25, -0.2) is 0 Å². The first kappa shape index (κ1) is 30.0. The van der Waals surface area contributed by atoms with Crippen LogP contribution in [0.4, 0.5) is 17.1 Å². The molecule has 2 heterocycles. The molecule has 0 unspecified atom stereocenters. The molecular weight excluding hydrogens is 663 g/mol. The highest BCUT2D eigenvalue weighted by Gasteiger charge is 2.22. The lowest BCUT2D eigenvalue weighted by Gasteiger charge is -2.27.